The van der Waals surface area contributed by atoms with Gasteiger partial charge in [-0.25, -0.2) is 0 Å². The van der Waals surface area contributed by atoms with E-state index in [1.54, 1.807) is 12.1 Å². The van der Waals surface area contributed by atoms with E-state index in [1.165, 1.54) is 37.3 Å². The van der Waals surface area contributed by atoms with Crippen LogP contribution in [0.15, 0.2) is 46.8 Å². The van der Waals surface area contributed by atoms with E-state index in [4.69, 9.17) is 23.2 Å². The van der Waals surface area contributed by atoms with Gasteiger partial charge in [0.15, 0.2) is 0 Å². The first-order chi connectivity index (χ1) is 14.1. The van der Waals surface area contributed by atoms with Crippen molar-refractivity contribution in [3.05, 3.63) is 58.1 Å². The maximum Gasteiger partial charge on any atom is 0.291 e. The lowest BCUT2D eigenvalue weighted by atomic mass is 10.2. The highest BCUT2D eigenvalue weighted by Crippen LogP contribution is 2.26. The van der Waals surface area contributed by atoms with Crippen LogP contribution in [0.1, 0.15) is 17.3 Å². The number of nitrogens with zero attached hydrogens (tertiary/aromatic N) is 2. The van der Waals surface area contributed by atoms with Crippen LogP contribution in [0, 0.1) is 0 Å². The molecule has 0 saturated heterocycles. The van der Waals surface area contributed by atoms with Crippen LogP contribution in [0.2, 0.25) is 10.0 Å². The predicted molar refractivity (Wildman–Crippen MR) is 116 cm³/mol. The minimum Gasteiger partial charge on any atom is -0.326 e. The molecule has 13 heteroatoms. The molecule has 3 rings (SSSR count). The second kappa shape index (κ2) is 8.96. The van der Waals surface area contributed by atoms with Crippen LogP contribution < -0.4 is 15.4 Å². The Hall–Kier alpha value is -2.73. The highest BCUT2D eigenvalue weighted by Gasteiger charge is 2.22. The standard InChI is InChI=1S/C17H13Cl2N5O4S2/c1-9(25)20-11-3-2-4-12(8-11)24-30(27,28)17-23-22-16(29-17)21-15(26)13-6-5-10(18)7-14(13)19/h2-8,24H,1H3,(H,20,25)(H,21,22,26). The smallest absolute Gasteiger partial charge is 0.291 e. The maximum absolute atomic E-state index is 12.6. The molecular formula is C17H13Cl2N5O4S2. The van der Waals surface area contributed by atoms with Crippen molar-refractivity contribution in [3.8, 4) is 0 Å². The van der Waals surface area contributed by atoms with Crippen LogP contribution in [-0.4, -0.2) is 30.4 Å². The summed E-state index contributed by atoms with van der Waals surface area (Å²) in [5.74, 6) is -0.881. The normalized spacial score (nSPS) is 11.0. The Balaban J connectivity index is 1.74. The zero-order valence-electron chi connectivity index (χ0n) is 15.1. The van der Waals surface area contributed by atoms with Gasteiger partial charge >= 0.3 is 0 Å². The lowest BCUT2D eigenvalue weighted by molar-refractivity contribution is -0.114. The second-order valence-corrected chi connectivity index (χ2v) is 9.50. The number of carbonyl (C=O) groups is 2. The van der Waals surface area contributed by atoms with E-state index in [1.807, 2.05) is 0 Å². The van der Waals surface area contributed by atoms with Crippen molar-refractivity contribution >= 4 is 72.9 Å². The third-order valence-electron chi connectivity index (χ3n) is 3.47. The van der Waals surface area contributed by atoms with Gasteiger partial charge in [-0.15, -0.1) is 10.2 Å². The summed E-state index contributed by atoms with van der Waals surface area (Å²) in [6, 6.07) is 10.5. The van der Waals surface area contributed by atoms with Gasteiger partial charge in [0.05, 0.1) is 16.3 Å². The minimum absolute atomic E-state index is 0.0293. The molecule has 0 unspecified atom stereocenters. The molecule has 0 aliphatic carbocycles. The topological polar surface area (TPSA) is 130 Å². The Labute approximate surface area is 185 Å². The van der Waals surface area contributed by atoms with Crippen LogP contribution >= 0.6 is 34.5 Å². The molecule has 0 aliphatic rings. The quantitative estimate of drug-likeness (QED) is 0.454. The molecule has 0 fully saturated rings. The molecule has 0 radical (unpaired) electrons. The van der Waals surface area contributed by atoms with E-state index in [2.05, 4.69) is 25.6 Å². The largest absolute Gasteiger partial charge is 0.326 e. The highest BCUT2D eigenvalue weighted by molar-refractivity contribution is 7.94. The van der Waals surface area contributed by atoms with Crippen LogP contribution in [0.3, 0.4) is 0 Å². The summed E-state index contributed by atoms with van der Waals surface area (Å²) in [7, 11) is -4.06. The van der Waals surface area contributed by atoms with E-state index in [0.717, 1.165) is 0 Å². The van der Waals surface area contributed by atoms with E-state index in [0.29, 0.717) is 22.0 Å². The Kier molecular flexibility index (Phi) is 6.56. The SMILES string of the molecule is CC(=O)Nc1cccc(NS(=O)(=O)c2nnc(NC(=O)c3ccc(Cl)cc3Cl)s2)c1. The first-order valence-corrected chi connectivity index (χ1v) is 11.2. The van der Waals surface area contributed by atoms with Crippen LogP contribution in [0.25, 0.3) is 0 Å². The summed E-state index contributed by atoms with van der Waals surface area (Å²) in [5, 5.41) is 12.8. The summed E-state index contributed by atoms with van der Waals surface area (Å²) in [4.78, 5) is 23.5. The zero-order valence-corrected chi connectivity index (χ0v) is 18.3. The van der Waals surface area contributed by atoms with Gasteiger partial charge in [0.1, 0.15) is 0 Å². The highest BCUT2D eigenvalue weighted by atomic mass is 35.5. The van der Waals surface area contributed by atoms with Gasteiger partial charge in [0, 0.05) is 17.6 Å². The molecule has 0 atom stereocenters. The Bertz CT molecular complexity index is 1230. The number of carbonyl (C=O) groups excluding carboxylic acids is 2. The van der Waals surface area contributed by atoms with Crippen LogP contribution in [0.4, 0.5) is 16.5 Å². The predicted octanol–water partition coefficient (Wildman–Crippen LogP) is 3.86. The molecule has 156 valence electrons. The average molecular weight is 486 g/mol. The van der Waals surface area contributed by atoms with E-state index < -0.39 is 15.9 Å². The van der Waals surface area contributed by atoms with Crippen molar-refractivity contribution in [2.24, 2.45) is 0 Å². The van der Waals surface area contributed by atoms with E-state index >= 15 is 0 Å². The van der Waals surface area contributed by atoms with Crippen molar-refractivity contribution in [3.63, 3.8) is 0 Å². The number of hydrogen-bond acceptors (Lipinski definition) is 7. The Morgan fingerprint density at radius 1 is 1.00 bits per heavy atom. The number of amides is 2. The third kappa shape index (κ3) is 5.45. The summed E-state index contributed by atoms with van der Waals surface area (Å²) in [6.45, 7) is 1.34. The average Bonchev–Trinajstić information content (AvgIpc) is 3.10. The number of rotatable bonds is 6. The summed E-state index contributed by atoms with van der Waals surface area (Å²) in [5.41, 5.74) is 0.788. The molecule has 0 spiro atoms. The number of aromatic nitrogens is 2. The first kappa shape index (κ1) is 22.0. The number of anilines is 3. The van der Waals surface area contributed by atoms with Gasteiger partial charge < -0.3 is 5.32 Å². The molecule has 2 amide bonds. The summed E-state index contributed by atoms with van der Waals surface area (Å²) < 4.78 is 27.1. The molecule has 30 heavy (non-hydrogen) atoms. The molecular weight excluding hydrogens is 473 g/mol. The van der Waals surface area contributed by atoms with Crippen LogP contribution in [0.5, 0.6) is 0 Å². The molecule has 1 heterocycles. The first-order valence-electron chi connectivity index (χ1n) is 8.14. The van der Waals surface area contributed by atoms with Crippen molar-refractivity contribution in [1.82, 2.24) is 10.2 Å². The van der Waals surface area contributed by atoms with Crippen molar-refractivity contribution in [1.29, 1.82) is 0 Å². The zero-order chi connectivity index (χ0) is 21.9. The third-order valence-corrected chi connectivity index (χ3v) is 6.60. The molecule has 0 saturated carbocycles. The number of hydrogen-bond donors (Lipinski definition) is 3. The van der Waals surface area contributed by atoms with Gasteiger partial charge in [-0.2, -0.15) is 8.42 Å². The second-order valence-electron chi connectivity index (χ2n) is 5.82. The molecule has 0 aliphatic heterocycles. The van der Waals surface area contributed by atoms with Crippen molar-refractivity contribution in [2.45, 2.75) is 11.3 Å². The molecule has 3 N–H and O–H groups in total. The number of halogens is 2. The summed E-state index contributed by atoms with van der Waals surface area (Å²) >= 11 is 12.5. The maximum atomic E-state index is 12.6. The van der Waals surface area contributed by atoms with Gasteiger partial charge in [-0.05, 0) is 36.4 Å². The van der Waals surface area contributed by atoms with Crippen molar-refractivity contribution < 1.29 is 18.0 Å². The lowest BCUT2D eigenvalue weighted by Crippen LogP contribution is -2.13. The fourth-order valence-corrected chi connectivity index (χ4v) is 4.71. The molecule has 1 aromatic heterocycles. The van der Waals surface area contributed by atoms with E-state index in [-0.39, 0.29) is 31.7 Å². The summed E-state index contributed by atoms with van der Waals surface area (Å²) in [6.07, 6.45) is 0. The molecule has 3 aromatic rings. The fraction of sp³-hybridized carbons (Fsp3) is 0.0588. The lowest BCUT2D eigenvalue weighted by Gasteiger charge is -2.07. The molecule has 0 bridgehead atoms. The molecule has 9 nitrogen and oxygen atoms in total. The van der Waals surface area contributed by atoms with Crippen LogP contribution in [-0.2, 0) is 14.8 Å². The van der Waals surface area contributed by atoms with Gasteiger partial charge in [0.25, 0.3) is 20.3 Å². The Morgan fingerprint density at radius 3 is 2.43 bits per heavy atom. The van der Waals surface area contributed by atoms with E-state index in [9.17, 15) is 18.0 Å². The number of benzene rings is 2. The Morgan fingerprint density at radius 2 is 1.73 bits per heavy atom. The van der Waals surface area contributed by atoms with Gasteiger partial charge in [-0.3, -0.25) is 19.6 Å². The molecule has 2 aromatic carbocycles. The monoisotopic (exact) mass is 485 g/mol. The van der Waals surface area contributed by atoms with Gasteiger partial charge in [-0.1, -0.05) is 40.6 Å². The number of sulfonamides is 1. The minimum atomic E-state index is -4.06. The van der Waals surface area contributed by atoms with Gasteiger partial charge in [0.2, 0.25) is 11.0 Å². The number of nitrogens with one attached hydrogen (secondary N) is 3. The fourth-order valence-electron chi connectivity index (χ4n) is 2.27. The van der Waals surface area contributed by atoms with Crippen molar-refractivity contribution in [2.75, 3.05) is 15.4 Å².